The van der Waals surface area contributed by atoms with Crippen molar-refractivity contribution in [2.45, 2.75) is 46.1 Å². The van der Waals surface area contributed by atoms with Gasteiger partial charge in [0, 0.05) is 11.0 Å². The molecule has 1 aromatic rings. The Kier molecular flexibility index (Phi) is 3.31. The summed E-state index contributed by atoms with van der Waals surface area (Å²) >= 11 is 0. The molecular formula is C18H21O4-. The second kappa shape index (κ2) is 4.83. The number of esters is 1. The maximum atomic E-state index is 12.4. The molecule has 0 aliphatic heterocycles. The summed E-state index contributed by atoms with van der Waals surface area (Å²) < 4.78 is 5.69. The smallest absolute Gasteiger partial charge is 0.339 e. The highest BCUT2D eigenvalue weighted by Gasteiger charge is 2.58. The molecule has 0 radical (unpaired) electrons. The van der Waals surface area contributed by atoms with Gasteiger partial charge in [-0.2, -0.15) is 0 Å². The van der Waals surface area contributed by atoms with E-state index in [0.29, 0.717) is 11.3 Å². The second-order valence-electron chi connectivity index (χ2n) is 7.68. The van der Waals surface area contributed by atoms with Crippen LogP contribution in [0.4, 0.5) is 0 Å². The highest BCUT2D eigenvalue weighted by Crippen LogP contribution is 2.63. The summed E-state index contributed by atoms with van der Waals surface area (Å²) in [5.41, 5.74) is 0.259. The molecule has 0 amide bonds. The number of carboxylic acids is 1. The number of benzene rings is 1. The van der Waals surface area contributed by atoms with Crippen LogP contribution in [0.15, 0.2) is 24.3 Å². The first-order valence-corrected chi connectivity index (χ1v) is 7.74. The van der Waals surface area contributed by atoms with E-state index in [0.717, 1.165) is 19.3 Å². The van der Waals surface area contributed by atoms with Crippen LogP contribution in [0.2, 0.25) is 0 Å². The molecule has 0 saturated heterocycles. The molecule has 2 fully saturated rings. The Morgan fingerprint density at radius 2 is 1.82 bits per heavy atom. The van der Waals surface area contributed by atoms with Crippen LogP contribution in [-0.2, 0) is 4.74 Å². The summed E-state index contributed by atoms with van der Waals surface area (Å²) in [6.07, 6.45) is 2.83. The van der Waals surface area contributed by atoms with Gasteiger partial charge in [-0.15, -0.1) is 0 Å². The third kappa shape index (κ3) is 2.31. The molecule has 0 aromatic heterocycles. The molecule has 2 saturated carbocycles. The molecule has 0 unspecified atom stereocenters. The lowest BCUT2D eigenvalue weighted by Crippen LogP contribution is -2.37. The number of hydrogen-bond donors (Lipinski definition) is 0. The summed E-state index contributed by atoms with van der Waals surface area (Å²) in [4.78, 5) is 23.5. The van der Waals surface area contributed by atoms with Crippen molar-refractivity contribution in [2.24, 2.45) is 16.7 Å². The van der Waals surface area contributed by atoms with Crippen LogP contribution in [0.1, 0.15) is 60.7 Å². The lowest BCUT2D eigenvalue weighted by Gasteiger charge is -2.38. The average Bonchev–Trinajstić information content (AvgIpc) is 2.86. The van der Waals surface area contributed by atoms with Crippen molar-refractivity contribution in [3.63, 3.8) is 0 Å². The summed E-state index contributed by atoms with van der Waals surface area (Å²) in [7, 11) is 0. The fourth-order valence-corrected chi connectivity index (χ4v) is 4.51. The van der Waals surface area contributed by atoms with Crippen LogP contribution in [-0.4, -0.2) is 18.0 Å². The minimum absolute atomic E-state index is 0.000242. The summed E-state index contributed by atoms with van der Waals surface area (Å²) in [6, 6.07) is 6.06. The molecule has 3 rings (SSSR count). The standard InChI is InChI=1S/C18H22O4/c1-17(2)10-18(3)9-11(17)8-14(18)22-16(21)13-7-5-4-6-12(13)15(19)20/h4-7,11,14H,8-10H2,1-3H3,(H,19,20)/p-1/t11-,14-,18+/m1/s1. The van der Waals surface area contributed by atoms with Crippen LogP contribution in [0.3, 0.4) is 0 Å². The number of rotatable bonds is 3. The van der Waals surface area contributed by atoms with Gasteiger partial charge in [0.25, 0.3) is 0 Å². The first-order chi connectivity index (χ1) is 10.2. The number of aromatic carboxylic acids is 1. The predicted molar refractivity (Wildman–Crippen MR) is 79.2 cm³/mol. The van der Waals surface area contributed by atoms with Crippen molar-refractivity contribution in [2.75, 3.05) is 0 Å². The maximum Gasteiger partial charge on any atom is 0.339 e. The Morgan fingerprint density at radius 1 is 1.18 bits per heavy atom. The largest absolute Gasteiger partial charge is 0.545 e. The second-order valence-corrected chi connectivity index (χ2v) is 7.68. The van der Waals surface area contributed by atoms with Crippen molar-refractivity contribution in [3.05, 3.63) is 35.4 Å². The molecule has 0 N–H and O–H groups in total. The number of carbonyl (C=O) groups is 2. The van der Waals surface area contributed by atoms with Crippen molar-refractivity contribution in [1.82, 2.24) is 0 Å². The van der Waals surface area contributed by atoms with E-state index in [2.05, 4.69) is 20.8 Å². The van der Waals surface area contributed by atoms with Gasteiger partial charge in [0.15, 0.2) is 0 Å². The fourth-order valence-electron chi connectivity index (χ4n) is 4.51. The maximum absolute atomic E-state index is 12.4. The van der Waals surface area contributed by atoms with E-state index in [1.54, 1.807) is 12.1 Å². The van der Waals surface area contributed by atoms with Gasteiger partial charge >= 0.3 is 5.97 Å². The number of ether oxygens (including phenoxy) is 1. The Labute approximate surface area is 130 Å². The van der Waals surface area contributed by atoms with Crippen molar-refractivity contribution < 1.29 is 19.4 Å². The van der Waals surface area contributed by atoms with E-state index < -0.39 is 11.9 Å². The van der Waals surface area contributed by atoms with Crippen LogP contribution < -0.4 is 5.11 Å². The lowest BCUT2D eigenvalue weighted by molar-refractivity contribution is -0.255. The van der Waals surface area contributed by atoms with Gasteiger partial charge in [-0.3, -0.25) is 0 Å². The van der Waals surface area contributed by atoms with Crippen molar-refractivity contribution in [3.8, 4) is 0 Å². The zero-order chi connectivity index (χ0) is 16.1. The SMILES string of the molecule is CC1(C)C[C@]2(C)C[C@H]1C[C@H]2OC(=O)c1ccccc1C(=O)[O-]. The molecule has 0 spiro atoms. The molecule has 2 bridgehead atoms. The number of carboxylic acid groups (broad SMARTS) is 1. The topological polar surface area (TPSA) is 66.4 Å². The zero-order valence-electron chi connectivity index (χ0n) is 13.2. The monoisotopic (exact) mass is 301 g/mol. The van der Waals surface area contributed by atoms with Crippen molar-refractivity contribution >= 4 is 11.9 Å². The molecule has 3 atom stereocenters. The average molecular weight is 301 g/mol. The van der Waals surface area contributed by atoms with E-state index in [9.17, 15) is 14.7 Å². The number of hydrogen-bond acceptors (Lipinski definition) is 4. The predicted octanol–water partition coefficient (Wildman–Crippen LogP) is 2.42. The normalized spacial score (nSPS) is 32.0. The summed E-state index contributed by atoms with van der Waals surface area (Å²) in [5, 5.41) is 11.1. The number of fused-ring (bicyclic) bond motifs is 2. The molecule has 2 aliphatic rings. The molecule has 4 nitrogen and oxygen atoms in total. The van der Waals surface area contributed by atoms with E-state index in [-0.39, 0.29) is 22.6 Å². The Balaban J connectivity index is 1.79. The Bertz CT molecular complexity index is 634. The van der Waals surface area contributed by atoms with E-state index in [1.807, 2.05) is 0 Å². The van der Waals surface area contributed by atoms with Crippen LogP contribution in [0.25, 0.3) is 0 Å². The van der Waals surface area contributed by atoms with E-state index >= 15 is 0 Å². The molecular weight excluding hydrogens is 280 g/mol. The van der Waals surface area contributed by atoms with Crippen molar-refractivity contribution in [1.29, 1.82) is 0 Å². The summed E-state index contributed by atoms with van der Waals surface area (Å²) in [5.74, 6) is -1.35. The lowest BCUT2D eigenvalue weighted by atomic mass is 9.71. The quantitative estimate of drug-likeness (QED) is 0.804. The highest BCUT2D eigenvalue weighted by atomic mass is 16.5. The Morgan fingerprint density at radius 3 is 2.32 bits per heavy atom. The zero-order valence-corrected chi connectivity index (χ0v) is 13.2. The third-order valence-electron chi connectivity index (χ3n) is 5.57. The summed E-state index contributed by atoms with van der Waals surface area (Å²) in [6.45, 7) is 6.71. The number of carbonyl (C=O) groups excluding carboxylic acids is 2. The Hall–Kier alpha value is -1.84. The molecule has 1 aromatic carbocycles. The minimum Gasteiger partial charge on any atom is -0.545 e. The highest BCUT2D eigenvalue weighted by molar-refractivity contribution is 6.01. The molecule has 118 valence electrons. The fraction of sp³-hybridized carbons (Fsp3) is 0.556. The first-order valence-electron chi connectivity index (χ1n) is 7.74. The van der Waals surface area contributed by atoms with E-state index in [4.69, 9.17) is 4.74 Å². The van der Waals surface area contributed by atoms with Gasteiger partial charge in [-0.1, -0.05) is 39.0 Å². The van der Waals surface area contributed by atoms with Gasteiger partial charge in [0.05, 0.1) is 11.5 Å². The minimum atomic E-state index is -1.35. The molecule has 22 heavy (non-hydrogen) atoms. The first kappa shape index (κ1) is 15.1. The molecule has 4 heteroatoms. The van der Waals surface area contributed by atoms with Gasteiger partial charge in [0.1, 0.15) is 6.10 Å². The van der Waals surface area contributed by atoms with Gasteiger partial charge in [-0.05, 0) is 36.7 Å². The van der Waals surface area contributed by atoms with Crippen LogP contribution >= 0.6 is 0 Å². The van der Waals surface area contributed by atoms with Gasteiger partial charge in [-0.25, -0.2) is 4.79 Å². The molecule has 2 aliphatic carbocycles. The van der Waals surface area contributed by atoms with Gasteiger partial charge < -0.3 is 14.6 Å². The van der Waals surface area contributed by atoms with E-state index in [1.165, 1.54) is 12.1 Å². The molecule has 0 heterocycles. The van der Waals surface area contributed by atoms with Crippen LogP contribution in [0, 0.1) is 16.7 Å². The van der Waals surface area contributed by atoms with Crippen LogP contribution in [0.5, 0.6) is 0 Å². The third-order valence-corrected chi connectivity index (χ3v) is 5.57. The van der Waals surface area contributed by atoms with Gasteiger partial charge in [0.2, 0.25) is 0 Å².